The highest BCUT2D eigenvalue weighted by molar-refractivity contribution is 6.30. The number of allylic oxidation sites excluding steroid dienone is 2. The molecule has 19 heavy (non-hydrogen) atoms. The minimum Gasteiger partial charge on any atom is -0.353 e. The van der Waals surface area contributed by atoms with E-state index in [4.69, 9.17) is 11.6 Å². The third kappa shape index (κ3) is 3.65. The normalized spacial score (nSPS) is 27.9. The Balaban J connectivity index is 2.76. The molecule has 0 radical (unpaired) electrons. The molecule has 0 aliphatic heterocycles. The number of hydrogen-bond donors (Lipinski definition) is 1. The fourth-order valence-corrected chi connectivity index (χ4v) is 2.31. The minimum absolute atomic E-state index is 0.0200. The van der Waals surface area contributed by atoms with E-state index in [2.05, 4.69) is 5.32 Å². The summed E-state index contributed by atoms with van der Waals surface area (Å²) in [5.74, 6) is -1.12. The first-order valence-electron chi connectivity index (χ1n) is 6.26. The van der Waals surface area contributed by atoms with Crippen molar-refractivity contribution in [2.45, 2.75) is 46.3 Å². The van der Waals surface area contributed by atoms with Gasteiger partial charge in [0.1, 0.15) is 5.03 Å². The van der Waals surface area contributed by atoms with E-state index in [1.54, 1.807) is 13.8 Å². The van der Waals surface area contributed by atoms with Crippen LogP contribution >= 0.6 is 11.6 Å². The largest absolute Gasteiger partial charge is 0.426 e. The van der Waals surface area contributed by atoms with E-state index in [1.165, 1.54) is 0 Å². The van der Waals surface area contributed by atoms with Crippen molar-refractivity contribution in [3.63, 3.8) is 0 Å². The molecule has 0 heterocycles. The van der Waals surface area contributed by atoms with Crippen LogP contribution in [0.2, 0.25) is 0 Å². The van der Waals surface area contributed by atoms with Gasteiger partial charge in [0.25, 0.3) is 0 Å². The van der Waals surface area contributed by atoms with Crippen LogP contribution in [0.4, 0.5) is 13.2 Å². The maximum Gasteiger partial charge on any atom is 0.426 e. The van der Waals surface area contributed by atoms with E-state index >= 15 is 0 Å². The fraction of sp³-hybridized carbons (Fsp3) is 0.769. The van der Waals surface area contributed by atoms with Crippen molar-refractivity contribution in [1.29, 1.82) is 0 Å². The maximum absolute atomic E-state index is 12.4. The summed E-state index contributed by atoms with van der Waals surface area (Å²) < 4.78 is 37.1. The van der Waals surface area contributed by atoms with E-state index in [0.717, 1.165) is 12.5 Å². The molecule has 1 rings (SSSR count). The lowest BCUT2D eigenvalue weighted by atomic mass is 10.1. The molecule has 0 bridgehead atoms. The van der Waals surface area contributed by atoms with Gasteiger partial charge in [-0.05, 0) is 24.7 Å². The van der Waals surface area contributed by atoms with Crippen molar-refractivity contribution in [1.82, 2.24) is 5.32 Å². The highest BCUT2D eigenvalue weighted by atomic mass is 35.5. The van der Waals surface area contributed by atoms with Gasteiger partial charge in [0.15, 0.2) is 0 Å². The third-order valence-electron chi connectivity index (χ3n) is 3.79. The van der Waals surface area contributed by atoms with Crippen LogP contribution in [0.25, 0.3) is 0 Å². The van der Waals surface area contributed by atoms with Gasteiger partial charge < -0.3 is 5.32 Å². The molecule has 0 aromatic carbocycles. The molecule has 2 nitrogen and oxygen atoms in total. The molecule has 0 saturated heterocycles. The second kappa shape index (κ2) is 5.35. The first kappa shape index (κ1) is 16.3. The third-order valence-corrected chi connectivity index (χ3v) is 4.13. The fourth-order valence-electron chi connectivity index (χ4n) is 2.18. The van der Waals surface area contributed by atoms with Crippen LogP contribution in [0.5, 0.6) is 0 Å². The number of hydrogen-bond acceptors (Lipinski definition) is 1. The highest BCUT2D eigenvalue weighted by Crippen LogP contribution is 2.60. The van der Waals surface area contributed by atoms with Crippen molar-refractivity contribution in [2.24, 2.45) is 17.3 Å². The van der Waals surface area contributed by atoms with Gasteiger partial charge in [-0.3, -0.25) is 4.79 Å². The molecule has 0 aromatic rings. The summed E-state index contributed by atoms with van der Waals surface area (Å²) in [5, 5.41) is 1.65. The maximum atomic E-state index is 12.4. The molecule has 3 atom stereocenters. The summed E-state index contributed by atoms with van der Waals surface area (Å²) in [6.07, 6.45) is -2.80. The molecule has 110 valence electrons. The van der Waals surface area contributed by atoms with Crippen molar-refractivity contribution in [3.05, 3.63) is 11.1 Å². The van der Waals surface area contributed by atoms with E-state index < -0.39 is 28.5 Å². The molecular formula is C13H19ClF3NO. The van der Waals surface area contributed by atoms with Gasteiger partial charge in [0, 0.05) is 6.04 Å². The van der Waals surface area contributed by atoms with Crippen LogP contribution < -0.4 is 5.32 Å². The van der Waals surface area contributed by atoms with Crippen LogP contribution in [0.1, 0.15) is 34.1 Å². The molecule has 6 heteroatoms. The zero-order valence-electron chi connectivity index (χ0n) is 11.4. The van der Waals surface area contributed by atoms with Gasteiger partial charge in [-0.15, -0.1) is 0 Å². The minimum atomic E-state index is -4.54. The number of halogens is 4. The Morgan fingerprint density at radius 2 is 2.00 bits per heavy atom. The highest BCUT2D eigenvalue weighted by Gasteiger charge is 2.61. The van der Waals surface area contributed by atoms with Crippen LogP contribution in [0.15, 0.2) is 11.1 Å². The summed E-state index contributed by atoms with van der Waals surface area (Å²) in [6, 6.07) is 0.0200. The number of rotatable bonds is 4. The van der Waals surface area contributed by atoms with Crippen LogP contribution in [-0.2, 0) is 4.79 Å². The summed E-state index contributed by atoms with van der Waals surface area (Å²) >= 11 is 5.23. The Kier molecular flexibility index (Phi) is 4.60. The molecule has 1 fully saturated rings. The second-order valence-electron chi connectivity index (χ2n) is 5.66. The Labute approximate surface area is 116 Å². The smallest absolute Gasteiger partial charge is 0.353 e. The quantitative estimate of drug-likeness (QED) is 0.839. The van der Waals surface area contributed by atoms with Gasteiger partial charge in [-0.1, -0.05) is 38.4 Å². The summed E-state index contributed by atoms with van der Waals surface area (Å²) in [7, 11) is 0. The first-order chi connectivity index (χ1) is 8.51. The average Bonchev–Trinajstić information content (AvgIpc) is 2.78. The van der Waals surface area contributed by atoms with Crippen molar-refractivity contribution in [2.75, 3.05) is 0 Å². The zero-order valence-corrected chi connectivity index (χ0v) is 12.2. The molecule has 1 amide bonds. The zero-order chi connectivity index (χ0) is 15.0. The lowest BCUT2D eigenvalue weighted by Crippen LogP contribution is -2.34. The lowest BCUT2D eigenvalue weighted by molar-refractivity contribution is -0.123. The number of alkyl halides is 3. The topological polar surface area (TPSA) is 29.1 Å². The van der Waals surface area contributed by atoms with Gasteiger partial charge in [-0.2, -0.15) is 13.2 Å². The first-order valence-corrected chi connectivity index (χ1v) is 6.64. The van der Waals surface area contributed by atoms with Crippen molar-refractivity contribution < 1.29 is 18.0 Å². The van der Waals surface area contributed by atoms with E-state index in [0.29, 0.717) is 0 Å². The van der Waals surface area contributed by atoms with Gasteiger partial charge in [0.05, 0.1) is 5.92 Å². The Hall–Kier alpha value is -0.710. The standard InChI is InChI=1S/C13H19ClF3NO/c1-5-7(2)18-11(19)10-8(12(10,3)4)6-9(14)13(15,16)17/h6-8,10H,5H2,1-4H3,(H,18,19)/b9-6-. The van der Waals surface area contributed by atoms with Crippen LogP contribution in [-0.4, -0.2) is 18.1 Å². The van der Waals surface area contributed by atoms with Crippen molar-refractivity contribution in [3.8, 4) is 0 Å². The number of nitrogens with one attached hydrogen (secondary N) is 1. The molecule has 0 spiro atoms. The van der Waals surface area contributed by atoms with Gasteiger partial charge >= 0.3 is 6.18 Å². The van der Waals surface area contributed by atoms with Gasteiger partial charge in [-0.25, -0.2) is 0 Å². The summed E-state index contributed by atoms with van der Waals surface area (Å²) in [6.45, 7) is 7.34. The monoisotopic (exact) mass is 297 g/mol. The van der Waals surface area contributed by atoms with E-state index in [-0.39, 0.29) is 11.9 Å². The number of amides is 1. The predicted molar refractivity (Wildman–Crippen MR) is 68.6 cm³/mol. The lowest BCUT2D eigenvalue weighted by Gasteiger charge is -2.11. The molecule has 1 N–H and O–H groups in total. The average molecular weight is 298 g/mol. The molecule has 1 saturated carbocycles. The Bertz CT molecular complexity index is 390. The van der Waals surface area contributed by atoms with Crippen LogP contribution in [0, 0.1) is 17.3 Å². The Morgan fingerprint density at radius 1 is 1.47 bits per heavy atom. The van der Waals surface area contributed by atoms with E-state index in [9.17, 15) is 18.0 Å². The van der Waals surface area contributed by atoms with Crippen LogP contribution in [0.3, 0.4) is 0 Å². The predicted octanol–water partition coefficient (Wildman–Crippen LogP) is 3.86. The second-order valence-corrected chi connectivity index (χ2v) is 6.06. The number of carbonyl (C=O) groups excluding carboxylic acids is 1. The summed E-state index contributed by atoms with van der Waals surface area (Å²) in [5.41, 5.74) is -0.483. The molecular weight excluding hydrogens is 279 g/mol. The van der Waals surface area contributed by atoms with Gasteiger partial charge in [0.2, 0.25) is 5.91 Å². The molecule has 1 aliphatic carbocycles. The summed E-state index contributed by atoms with van der Waals surface area (Å²) in [4.78, 5) is 12.0. The molecule has 3 unspecified atom stereocenters. The number of carbonyl (C=O) groups is 1. The SMILES string of the molecule is CCC(C)NC(=O)C1C(/C=C(\Cl)C(F)(F)F)C1(C)C. The molecule has 0 aromatic heterocycles. The van der Waals surface area contributed by atoms with E-state index in [1.807, 2.05) is 13.8 Å². The Morgan fingerprint density at radius 3 is 2.42 bits per heavy atom. The van der Waals surface area contributed by atoms with Crippen molar-refractivity contribution >= 4 is 17.5 Å². The molecule has 1 aliphatic rings.